The van der Waals surface area contributed by atoms with Crippen LogP contribution in [0.2, 0.25) is 0 Å². The van der Waals surface area contributed by atoms with Crippen molar-refractivity contribution in [2.75, 3.05) is 13.7 Å². The highest BCUT2D eigenvalue weighted by Crippen LogP contribution is 2.30. The van der Waals surface area contributed by atoms with Crippen LogP contribution in [0.15, 0.2) is 0 Å². The third-order valence-corrected chi connectivity index (χ3v) is 4.40. The molecule has 0 bridgehead atoms. The van der Waals surface area contributed by atoms with Crippen LogP contribution < -0.4 is 16.0 Å². The van der Waals surface area contributed by atoms with Gasteiger partial charge in [0.1, 0.15) is 12.7 Å². The van der Waals surface area contributed by atoms with Crippen LogP contribution in [-0.2, 0) is 14.3 Å². The van der Waals surface area contributed by atoms with E-state index in [9.17, 15) is 9.59 Å². The highest BCUT2D eigenvalue weighted by Gasteiger charge is 2.36. The minimum Gasteiger partial charge on any atom is -0.468 e. The molecule has 1 rings (SSSR count). The van der Waals surface area contributed by atoms with Crippen molar-refractivity contribution < 1.29 is 14.3 Å². The lowest BCUT2D eigenvalue weighted by atomic mass is 9.88. The first-order valence-corrected chi connectivity index (χ1v) is 8.76. The van der Waals surface area contributed by atoms with Crippen LogP contribution >= 0.6 is 47.0 Å². The molecule has 10 heteroatoms. The van der Waals surface area contributed by atoms with Gasteiger partial charge in [0.2, 0.25) is 9.70 Å². The molecule has 1 aliphatic carbocycles. The van der Waals surface area contributed by atoms with Crippen molar-refractivity contribution in [2.24, 2.45) is 5.92 Å². The SMILES string of the molecule is COC(=O)CNC(=S)NC(NC(=O)C1CCCCC1)C(Cl)(Cl)Cl. The number of amides is 1. The summed E-state index contributed by atoms with van der Waals surface area (Å²) in [6.45, 7) is -0.133. The molecule has 0 aliphatic heterocycles. The average molecular weight is 405 g/mol. The summed E-state index contributed by atoms with van der Waals surface area (Å²) < 4.78 is 2.68. The fourth-order valence-corrected chi connectivity index (χ4v) is 2.75. The zero-order valence-electron chi connectivity index (χ0n) is 12.7. The summed E-state index contributed by atoms with van der Waals surface area (Å²) in [6, 6.07) is 0. The number of esters is 1. The number of hydrogen-bond donors (Lipinski definition) is 3. The normalized spacial score (nSPS) is 17.0. The number of thiocarbonyl (C=S) groups is 1. The van der Waals surface area contributed by atoms with Crippen molar-refractivity contribution in [3.05, 3.63) is 0 Å². The van der Waals surface area contributed by atoms with E-state index in [-0.39, 0.29) is 23.5 Å². The summed E-state index contributed by atoms with van der Waals surface area (Å²) >= 11 is 22.7. The Morgan fingerprint density at radius 1 is 1.22 bits per heavy atom. The van der Waals surface area contributed by atoms with Crippen LogP contribution in [0.3, 0.4) is 0 Å². The van der Waals surface area contributed by atoms with Crippen LogP contribution in [0.1, 0.15) is 32.1 Å². The van der Waals surface area contributed by atoms with Crippen LogP contribution in [0, 0.1) is 5.92 Å². The third kappa shape index (κ3) is 7.74. The minimum atomic E-state index is -1.80. The minimum absolute atomic E-state index is 0.0654. The second-order valence-corrected chi connectivity index (χ2v) is 8.00. The van der Waals surface area contributed by atoms with E-state index in [4.69, 9.17) is 47.0 Å². The predicted octanol–water partition coefficient (Wildman–Crippen LogP) is 2.02. The molecule has 23 heavy (non-hydrogen) atoms. The number of rotatable bonds is 5. The number of methoxy groups -OCH3 is 1. The molecule has 132 valence electrons. The van der Waals surface area contributed by atoms with Gasteiger partial charge in [0.05, 0.1) is 7.11 Å². The van der Waals surface area contributed by atoms with Crippen molar-refractivity contribution in [1.29, 1.82) is 0 Å². The molecule has 3 N–H and O–H groups in total. The van der Waals surface area contributed by atoms with Crippen molar-refractivity contribution in [3.8, 4) is 0 Å². The van der Waals surface area contributed by atoms with E-state index >= 15 is 0 Å². The molecule has 0 aromatic rings. The highest BCUT2D eigenvalue weighted by molar-refractivity contribution is 7.80. The molecule has 0 radical (unpaired) electrons. The summed E-state index contributed by atoms with van der Waals surface area (Å²) in [5.41, 5.74) is 0. The van der Waals surface area contributed by atoms with Gasteiger partial charge in [-0.15, -0.1) is 0 Å². The molecule has 0 heterocycles. The van der Waals surface area contributed by atoms with E-state index in [2.05, 4.69) is 20.7 Å². The van der Waals surface area contributed by atoms with Gasteiger partial charge in [0.25, 0.3) is 0 Å². The molecular formula is C13H20Cl3N3O3S. The van der Waals surface area contributed by atoms with Crippen molar-refractivity contribution >= 4 is 64.0 Å². The maximum Gasteiger partial charge on any atom is 0.325 e. The van der Waals surface area contributed by atoms with Gasteiger partial charge in [0, 0.05) is 5.92 Å². The molecule has 1 aliphatic rings. The second-order valence-electron chi connectivity index (χ2n) is 5.22. The fraction of sp³-hybridized carbons (Fsp3) is 0.769. The molecule has 0 saturated heterocycles. The Bertz CT molecular complexity index is 440. The molecule has 1 atom stereocenters. The van der Waals surface area contributed by atoms with Gasteiger partial charge < -0.3 is 20.7 Å². The zero-order chi connectivity index (χ0) is 17.5. The maximum atomic E-state index is 12.3. The first-order valence-electron chi connectivity index (χ1n) is 7.22. The van der Waals surface area contributed by atoms with E-state index in [1.807, 2.05) is 0 Å². The smallest absolute Gasteiger partial charge is 0.325 e. The molecule has 1 fully saturated rings. The molecule has 6 nitrogen and oxygen atoms in total. The Hall–Kier alpha value is -0.500. The Kier molecular flexibility index (Phi) is 8.68. The standard InChI is InChI=1S/C13H20Cl3N3O3S/c1-22-9(20)7-17-12(23)19-11(13(14,15)16)18-10(21)8-5-3-2-4-6-8/h8,11H,2-7H2,1H3,(H,18,21)(H2,17,19,23). The van der Waals surface area contributed by atoms with E-state index in [1.54, 1.807) is 0 Å². The molecule has 1 amide bonds. The zero-order valence-corrected chi connectivity index (χ0v) is 15.7. The lowest BCUT2D eigenvalue weighted by Crippen LogP contribution is -2.58. The van der Waals surface area contributed by atoms with Crippen molar-refractivity contribution in [3.63, 3.8) is 0 Å². The Morgan fingerprint density at radius 3 is 2.35 bits per heavy atom. The fourth-order valence-electron chi connectivity index (χ4n) is 2.23. The summed E-state index contributed by atoms with van der Waals surface area (Å²) in [5, 5.41) is 8.03. The van der Waals surface area contributed by atoms with Crippen LogP contribution in [0.4, 0.5) is 0 Å². The number of hydrogen-bond acceptors (Lipinski definition) is 4. The second kappa shape index (κ2) is 9.71. The van der Waals surface area contributed by atoms with Crippen LogP contribution in [0.5, 0.6) is 0 Å². The average Bonchev–Trinajstić information content (AvgIpc) is 2.51. The summed E-state index contributed by atoms with van der Waals surface area (Å²) in [4.78, 5) is 23.3. The lowest BCUT2D eigenvalue weighted by molar-refractivity contribution is -0.139. The van der Waals surface area contributed by atoms with E-state index in [1.165, 1.54) is 7.11 Å². The molecule has 1 saturated carbocycles. The topological polar surface area (TPSA) is 79.5 Å². The number of carbonyl (C=O) groups excluding carboxylic acids is 2. The molecule has 0 aromatic carbocycles. The summed E-state index contributed by atoms with van der Waals surface area (Å²) in [7, 11) is 1.26. The Balaban J connectivity index is 2.57. The van der Waals surface area contributed by atoms with Gasteiger partial charge in [0.15, 0.2) is 5.11 Å². The van der Waals surface area contributed by atoms with E-state index in [0.29, 0.717) is 0 Å². The molecule has 1 unspecified atom stereocenters. The van der Waals surface area contributed by atoms with Crippen LogP contribution in [-0.4, -0.2) is 40.6 Å². The quantitative estimate of drug-likeness (QED) is 0.281. The number of nitrogens with one attached hydrogen (secondary N) is 3. The Labute approximate surface area is 155 Å². The Morgan fingerprint density at radius 2 is 1.83 bits per heavy atom. The van der Waals surface area contributed by atoms with Gasteiger partial charge in [-0.25, -0.2) is 0 Å². The van der Waals surface area contributed by atoms with Gasteiger partial charge in [-0.1, -0.05) is 54.1 Å². The maximum absolute atomic E-state index is 12.3. The van der Waals surface area contributed by atoms with Crippen LogP contribution in [0.25, 0.3) is 0 Å². The first-order chi connectivity index (χ1) is 10.7. The molecular weight excluding hydrogens is 385 g/mol. The number of alkyl halides is 3. The number of ether oxygens (including phenoxy) is 1. The number of carbonyl (C=O) groups is 2. The largest absolute Gasteiger partial charge is 0.468 e. The van der Waals surface area contributed by atoms with Gasteiger partial charge in [-0.3, -0.25) is 9.59 Å². The van der Waals surface area contributed by atoms with E-state index in [0.717, 1.165) is 32.1 Å². The summed E-state index contributed by atoms with van der Waals surface area (Å²) in [5.74, 6) is -0.757. The van der Waals surface area contributed by atoms with Crippen molar-refractivity contribution in [1.82, 2.24) is 16.0 Å². The molecule has 0 aromatic heterocycles. The van der Waals surface area contributed by atoms with Crippen molar-refractivity contribution in [2.45, 2.75) is 42.1 Å². The van der Waals surface area contributed by atoms with Gasteiger partial charge in [-0.2, -0.15) is 0 Å². The highest BCUT2D eigenvalue weighted by atomic mass is 35.6. The van der Waals surface area contributed by atoms with E-state index < -0.39 is 15.9 Å². The summed E-state index contributed by atoms with van der Waals surface area (Å²) in [6.07, 6.45) is 3.80. The number of halogens is 3. The lowest BCUT2D eigenvalue weighted by Gasteiger charge is -2.30. The van der Waals surface area contributed by atoms with Gasteiger partial charge >= 0.3 is 5.97 Å². The van der Waals surface area contributed by atoms with Gasteiger partial charge in [-0.05, 0) is 25.1 Å². The predicted molar refractivity (Wildman–Crippen MR) is 94.5 cm³/mol. The first kappa shape index (κ1) is 20.5. The molecule has 0 spiro atoms. The monoisotopic (exact) mass is 403 g/mol. The third-order valence-electron chi connectivity index (χ3n) is 3.49.